The molecule has 0 unspecified atom stereocenters. The van der Waals surface area contributed by atoms with Crippen molar-refractivity contribution >= 4 is 21.2 Å². The minimum Gasteiger partial charge on any atom is -0.297 e. The van der Waals surface area contributed by atoms with Crippen molar-refractivity contribution in [2.75, 3.05) is 18.6 Å². The van der Waals surface area contributed by atoms with Crippen molar-refractivity contribution in [3.8, 4) is 10.8 Å². The molecule has 21 heavy (non-hydrogen) atoms. The van der Waals surface area contributed by atoms with Gasteiger partial charge in [-0.1, -0.05) is 0 Å². The minimum atomic E-state index is -2.85. The van der Waals surface area contributed by atoms with Gasteiger partial charge in [0.25, 0.3) is 0 Å². The molecule has 2 aromatic rings. The molecular weight excluding hydrogens is 308 g/mol. The Balaban J connectivity index is 1.68. The largest absolute Gasteiger partial charge is 0.297 e. The van der Waals surface area contributed by atoms with E-state index < -0.39 is 9.84 Å². The van der Waals surface area contributed by atoms with Gasteiger partial charge in [-0.05, 0) is 19.5 Å². The SMILES string of the molecule is CN(Cc1csc(-c2ncccn2)n1)[C@@H]1CCS(=O)(=O)C1. The maximum atomic E-state index is 11.5. The molecule has 0 N–H and O–H groups in total. The van der Waals surface area contributed by atoms with Crippen LogP contribution >= 0.6 is 11.3 Å². The molecule has 0 bridgehead atoms. The summed E-state index contributed by atoms with van der Waals surface area (Å²) in [7, 11) is -0.902. The lowest BCUT2D eigenvalue weighted by atomic mass is 10.2. The van der Waals surface area contributed by atoms with Crippen LogP contribution in [-0.2, 0) is 16.4 Å². The molecule has 3 rings (SSSR count). The Kier molecular flexibility index (Phi) is 4.01. The highest BCUT2D eigenvalue weighted by Crippen LogP contribution is 2.22. The van der Waals surface area contributed by atoms with Gasteiger partial charge in [0.05, 0.1) is 17.2 Å². The number of hydrogen-bond acceptors (Lipinski definition) is 7. The Morgan fingerprint density at radius 3 is 2.81 bits per heavy atom. The van der Waals surface area contributed by atoms with Gasteiger partial charge in [0, 0.05) is 30.4 Å². The van der Waals surface area contributed by atoms with E-state index in [1.165, 1.54) is 11.3 Å². The standard InChI is InChI=1S/C13H16N4O2S2/c1-17(11-3-6-21(18,19)9-11)7-10-8-20-13(16-10)12-14-4-2-5-15-12/h2,4-5,8,11H,3,6-7,9H2,1H3/t11-/m1/s1. The van der Waals surface area contributed by atoms with Crippen LogP contribution in [-0.4, -0.2) is 52.9 Å². The van der Waals surface area contributed by atoms with Crippen molar-refractivity contribution in [2.45, 2.75) is 19.0 Å². The maximum absolute atomic E-state index is 11.5. The fraction of sp³-hybridized carbons (Fsp3) is 0.462. The first-order valence-corrected chi connectivity index (χ1v) is 9.36. The van der Waals surface area contributed by atoms with E-state index in [2.05, 4.69) is 19.9 Å². The van der Waals surface area contributed by atoms with Crippen molar-refractivity contribution in [2.24, 2.45) is 0 Å². The Bertz CT molecular complexity index is 715. The number of sulfone groups is 1. The molecule has 0 aromatic carbocycles. The van der Waals surface area contributed by atoms with Crippen LogP contribution in [0.15, 0.2) is 23.8 Å². The number of hydrogen-bond donors (Lipinski definition) is 0. The predicted octanol–water partition coefficient (Wildman–Crippen LogP) is 1.22. The molecule has 2 aromatic heterocycles. The topological polar surface area (TPSA) is 76.1 Å². The molecule has 0 radical (unpaired) electrons. The molecule has 1 saturated heterocycles. The predicted molar refractivity (Wildman–Crippen MR) is 81.7 cm³/mol. The second kappa shape index (κ2) is 5.78. The highest BCUT2D eigenvalue weighted by molar-refractivity contribution is 7.91. The lowest BCUT2D eigenvalue weighted by Crippen LogP contribution is -2.32. The fourth-order valence-corrected chi connectivity index (χ4v) is 4.96. The third kappa shape index (κ3) is 3.45. The van der Waals surface area contributed by atoms with Gasteiger partial charge < -0.3 is 0 Å². The average molecular weight is 324 g/mol. The van der Waals surface area contributed by atoms with Crippen LogP contribution in [0, 0.1) is 0 Å². The van der Waals surface area contributed by atoms with Crippen molar-refractivity contribution < 1.29 is 8.42 Å². The van der Waals surface area contributed by atoms with Gasteiger partial charge in [-0.15, -0.1) is 11.3 Å². The molecule has 1 aliphatic rings. The molecule has 0 saturated carbocycles. The molecule has 6 nitrogen and oxygen atoms in total. The zero-order valence-corrected chi connectivity index (χ0v) is 13.3. The quantitative estimate of drug-likeness (QED) is 0.842. The van der Waals surface area contributed by atoms with Gasteiger partial charge in [-0.2, -0.15) is 0 Å². The van der Waals surface area contributed by atoms with Crippen molar-refractivity contribution in [1.82, 2.24) is 19.9 Å². The summed E-state index contributed by atoms with van der Waals surface area (Å²) in [5.41, 5.74) is 0.925. The lowest BCUT2D eigenvalue weighted by molar-refractivity contribution is 0.251. The number of aromatic nitrogens is 3. The second-order valence-corrected chi connectivity index (χ2v) is 8.28. The third-order valence-electron chi connectivity index (χ3n) is 3.55. The van der Waals surface area contributed by atoms with E-state index in [0.717, 1.165) is 10.7 Å². The molecular formula is C13H16N4O2S2. The molecule has 1 aliphatic heterocycles. The van der Waals surface area contributed by atoms with Crippen LogP contribution in [0.25, 0.3) is 10.8 Å². The molecule has 112 valence electrons. The minimum absolute atomic E-state index is 0.0909. The molecule has 0 amide bonds. The van der Waals surface area contributed by atoms with E-state index in [-0.39, 0.29) is 11.8 Å². The third-order valence-corrected chi connectivity index (χ3v) is 6.19. The van der Waals surface area contributed by atoms with Crippen LogP contribution in [0.4, 0.5) is 0 Å². The Labute approximate surface area is 127 Å². The fourth-order valence-electron chi connectivity index (χ4n) is 2.40. The summed E-state index contributed by atoms with van der Waals surface area (Å²) in [6.07, 6.45) is 4.09. The van der Waals surface area contributed by atoms with Crippen LogP contribution in [0.1, 0.15) is 12.1 Å². The molecule has 1 atom stereocenters. The summed E-state index contributed by atoms with van der Waals surface area (Å²) >= 11 is 1.51. The highest BCUT2D eigenvalue weighted by Gasteiger charge is 2.30. The highest BCUT2D eigenvalue weighted by atomic mass is 32.2. The summed E-state index contributed by atoms with van der Waals surface area (Å²) in [6.45, 7) is 0.642. The first-order chi connectivity index (χ1) is 10.0. The maximum Gasteiger partial charge on any atom is 0.188 e. The number of rotatable bonds is 4. The van der Waals surface area contributed by atoms with Crippen molar-refractivity contribution in [3.63, 3.8) is 0 Å². The Morgan fingerprint density at radius 2 is 2.14 bits per heavy atom. The van der Waals surface area contributed by atoms with Crippen molar-refractivity contribution in [3.05, 3.63) is 29.5 Å². The van der Waals surface area contributed by atoms with Gasteiger partial charge >= 0.3 is 0 Å². The monoisotopic (exact) mass is 324 g/mol. The molecule has 0 aliphatic carbocycles. The van der Waals surface area contributed by atoms with E-state index in [1.807, 2.05) is 12.4 Å². The Hall–Kier alpha value is -1.38. The van der Waals surface area contributed by atoms with Gasteiger partial charge in [-0.25, -0.2) is 23.4 Å². The lowest BCUT2D eigenvalue weighted by Gasteiger charge is -2.21. The zero-order chi connectivity index (χ0) is 14.9. The average Bonchev–Trinajstić information content (AvgIpc) is 3.06. The summed E-state index contributed by atoms with van der Waals surface area (Å²) in [4.78, 5) is 15.0. The summed E-state index contributed by atoms with van der Waals surface area (Å²) in [6, 6.07) is 1.86. The summed E-state index contributed by atoms with van der Waals surface area (Å²) in [5.74, 6) is 1.17. The van der Waals surface area contributed by atoms with E-state index in [9.17, 15) is 8.42 Å². The number of nitrogens with zero attached hydrogens (tertiary/aromatic N) is 4. The zero-order valence-electron chi connectivity index (χ0n) is 11.6. The second-order valence-electron chi connectivity index (χ2n) is 5.19. The van der Waals surface area contributed by atoms with Gasteiger partial charge in [0.15, 0.2) is 20.7 Å². The van der Waals surface area contributed by atoms with Gasteiger partial charge in [-0.3, -0.25) is 4.90 Å². The van der Waals surface area contributed by atoms with Crippen LogP contribution in [0.2, 0.25) is 0 Å². The van der Waals surface area contributed by atoms with Crippen molar-refractivity contribution in [1.29, 1.82) is 0 Å². The van der Waals surface area contributed by atoms with Gasteiger partial charge in [0.1, 0.15) is 0 Å². The van der Waals surface area contributed by atoms with Crippen LogP contribution in [0.3, 0.4) is 0 Å². The van der Waals surface area contributed by atoms with Crippen LogP contribution < -0.4 is 0 Å². The molecule has 3 heterocycles. The van der Waals surface area contributed by atoms with E-state index in [0.29, 0.717) is 24.5 Å². The summed E-state index contributed by atoms with van der Waals surface area (Å²) < 4.78 is 23.1. The van der Waals surface area contributed by atoms with Gasteiger partial charge in [0.2, 0.25) is 0 Å². The van der Waals surface area contributed by atoms with E-state index >= 15 is 0 Å². The van der Waals surface area contributed by atoms with E-state index in [1.54, 1.807) is 18.5 Å². The van der Waals surface area contributed by atoms with E-state index in [4.69, 9.17) is 0 Å². The molecule has 8 heteroatoms. The number of thiazole rings is 1. The van der Waals surface area contributed by atoms with Crippen LogP contribution in [0.5, 0.6) is 0 Å². The summed E-state index contributed by atoms with van der Waals surface area (Å²) in [5, 5.41) is 2.77. The molecule has 1 fully saturated rings. The first kappa shape index (κ1) is 14.6. The normalized spacial score (nSPS) is 21.0. The Morgan fingerprint density at radius 1 is 1.38 bits per heavy atom. The first-order valence-electron chi connectivity index (χ1n) is 6.66. The molecule has 0 spiro atoms. The smallest absolute Gasteiger partial charge is 0.188 e.